The van der Waals surface area contributed by atoms with Gasteiger partial charge in [-0.3, -0.25) is 9.59 Å². The fourth-order valence-corrected chi connectivity index (χ4v) is 3.66. The number of carbonyl (C=O) groups excluding carboxylic acids is 1. The molecule has 148 valence electrons. The number of hydrogen-bond acceptors (Lipinski definition) is 5. The van der Waals surface area contributed by atoms with Crippen molar-refractivity contribution in [3.8, 4) is 11.4 Å². The van der Waals surface area contributed by atoms with Crippen molar-refractivity contribution in [1.82, 2.24) is 15.0 Å². The fourth-order valence-electron chi connectivity index (χ4n) is 3.66. The van der Waals surface area contributed by atoms with Crippen LogP contribution in [0.5, 0.6) is 0 Å². The number of aromatic nitrogens is 2. The van der Waals surface area contributed by atoms with Crippen LogP contribution in [-0.2, 0) is 11.0 Å². The van der Waals surface area contributed by atoms with Crippen molar-refractivity contribution >= 4 is 11.9 Å². The Morgan fingerprint density at radius 3 is 2.36 bits per heavy atom. The Balaban J connectivity index is 1.49. The van der Waals surface area contributed by atoms with Crippen LogP contribution in [0.3, 0.4) is 0 Å². The summed E-state index contributed by atoms with van der Waals surface area (Å²) >= 11 is 0. The van der Waals surface area contributed by atoms with E-state index in [1.54, 1.807) is 0 Å². The van der Waals surface area contributed by atoms with Crippen molar-refractivity contribution in [2.24, 2.45) is 17.8 Å². The zero-order valence-corrected chi connectivity index (χ0v) is 14.5. The lowest BCUT2D eigenvalue weighted by atomic mass is 9.92. The van der Waals surface area contributed by atoms with E-state index >= 15 is 0 Å². The van der Waals surface area contributed by atoms with E-state index in [1.807, 2.05) is 0 Å². The highest BCUT2D eigenvalue weighted by molar-refractivity contribution is 5.95. The molecule has 2 fully saturated rings. The number of rotatable bonds is 4. The molecule has 1 aromatic heterocycles. The number of aliphatic carboxylic acids is 1. The minimum Gasteiger partial charge on any atom is -0.481 e. The zero-order chi connectivity index (χ0) is 20.1. The van der Waals surface area contributed by atoms with Crippen molar-refractivity contribution < 1.29 is 32.4 Å². The number of carboxylic acid groups (broad SMARTS) is 1. The average Bonchev–Trinajstić information content (AvgIpc) is 3.20. The van der Waals surface area contributed by atoms with E-state index in [9.17, 15) is 27.9 Å². The number of alkyl halides is 3. The van der Waals surface area contributed by atoms with E-state index in [1.165, 1.54) is 29.2 Å². The Morgan fingerprint density at radius 1 is 1.14 bits per heavy atom. The predicted octanol–water partition coefficient (Wildman–Crippen LogP) is 2.94. The highest BCUT2D eigenvalue weighted by Crippen LogP contribution is 2.44. The number of likely N-dealkylation sites (tertiary alicyclic amines) is 1. The second-order valence-corrected chi connectivity index (χ2v) is 7.15. The Labute approximate surface area is 157 Å². The molecule has 0 spiro atoms. The van der Waals surface area contributed by atoms with Gasteiger partial charge in [0.2, 0.25) is 5.82 Å². The van der Waals surface area contributed by atoms with Crippen LogP contribution in [0, 0.1) is 17.8 Å². The van der Waals surface area contributed by atoms with Crippen LogP contribution < -0.4 is 0 Å². The smallest absolute Gasteiger partial charge is 0.471 e. The number of amides is 1. The molecule has 1 aliphatic heterocycles. The van der Waals surface area contributed by atoms with E-state index in [0.29, 0.717) is 18.0 Å². The van der Waals surface area contributed by atoms with Gasteiger partial charge in [-0.15, -0.1) is 0 Å². The van der Waals surface area contributed by atoms with Gasteiger partial charge in [0, 0.05) is 24.2 Å². The first-order valence-corrected chi connectivity index (χ1v) is 8.77. The molecule has 2 heterocycles. The van der Waals surface area contributed by atoms with E-state index in [4.69, 9.17) is 0 Å². The number of benzene rings is 1. The largest absolute Gasteiger partial charge is 0.481 e. The molecule has 10 heteroatoms. The van der Waals surface area contributed by atoms with E-state index in [0.717, 1.165) is 12.8 Å². The molecule has 0 bridgehead atoms. The first-order valence-electron chi connectivity index (χ1n) is 8.77. The molecule has 2 atom stereocenters. The van der Waals surface area contributed by atoms with Gasteiger partial charge in [-0.1, -0.05) is 17.3 Å². The molecule has 4 rings (SSSR count). The molecule has 0 unspecified atom stereocenters. The molecular weight excluding hydrogens is 379 g/mol. The molecule has 1 saturated heterocycles. The highest BCUT2D eigenvalue weighted by atomic mass is 19.4. The first-order chi connectivity index (χ1) is 13.2. The minimum atomic E-state index is -4.73. The van der Waals surface area contributed by atoms with Gasteiger partial charge in [-0.2, -0.15) is 18.2 Å². The van der Waals surface area contributed by atoms with E-state index in [2.05, 4.69) is 14.7 Å². The standard InChI is InChI=1S/C18H16F3N3O4/c19-18(20,21)17-22-14(23-28-17)10-3-5-11(6-4-10)15(25)24-7-12(9-1-2-9)13(8-24)16(26)27/h3-6,9,12-13H,1-2,7-8H2,(H,26,27)/t12-,13+/m1/s1. The van der Waals surface area contributed by atoms with Crippen molar-refractivity contribution in [1.29, 1.82) is 0 Å². The van der Waals surface area contributed by atoms with Gasteiger partial charge in [-0.05, 0) is 36.8 Å². The maximum Gasteiger partial charge on any atom is 0.471 e. The zero-order valence-electron chi connectivity index (χ0n) is 14.5. The molecule has 1 aromatic carbocycles. The second kappa shape index (κ2) is 6.61. The summed E-state index contributed by atoms with van der Waals surface area (Å²) in [6, 6.07) is 5.78. The lowest BCUT2D eigenvalue weighted by Gasteiger charge is -2.16. The third-order valence-corrected chi connectivity index (χ3v) is 5.26. The summed E-state index contributed by atoms with van der Waals surface area (Å²) < 4.78 is 41.9. The molecule has 2 aromatic rings. The van der Waals surface area contributed by atoms with E-state index in [-0.39, 0.29) is 29.8 Å². The van der Waals surface area contributed by atoms with Gasteiger partial charge in [0.15, 0.2) is 0 Å². The predicted molar refractivity (Wildman–Crippen MR) is 88.0 cm³/mol. The molecule has 28 heavy (non-hydrogen) atoms. The first kappa shape index (κ1) is 18.5. The van der Waals surface area contributed by atoms with E-state index < -0.39 is 24.0 Å². The molecule has 7 nitrogen and oxygen atoms in total. The Bertz CT molecular complexity index is 906. The van der Waals surface area contributed by atoms with Crippen molar-refractivity contribution in [2.45, 2.75) is 19.0 Å². The maximum atomic E-state index is 12.7. The Kier molecular flexibility index (Phi) is 4.35. The quantitative estimate of drug-likeness (QED) is 0.855. The second-order valence-electron chi connectivity index (χ2n) is 7.15. The summed E-state index contributed by atoms with van der Waals surface area (Å²) in [7, 11) is 0. The summed E-state index contributed by atoms with van der Waals surface area (Å²) in [5, 5.41) is 12.7. The molecule has 1 amide bonds. The van der Waals surface area contributed by atoms with Gasteiger partial charge in [0.05, 0.1) is 5.92 Å². The summed E-state index contributed by atoms with van der Waals surface area (Å²) in [4.78, 5) is 29.0. The number of hydrogen-bond donors (Lipinski definition) is 1. The molecule has 0 radical (unpaired) electrons. The van der Waals surface area contributed by atoms with Crippen LogP contribution in [0.15, 0.2) is 28.8 Å². The van der Waals surface area contributed by atoms with Crippen molar-refractivity contribution in [2.75, 3.05) is 13.1 Å². The number of halogens is 3. The minimum absolute atomic E-state index is 0.0270. The summed E-state index contributed by atoms with van der Waals surface area (Å²) in [6.07, 6.45) is -2.73. The topological polar surface area (TPSA) is 96.5 Å². The molecule has 1 saturated carbocycles. The van der Waals surface area contributed by atoms with Crippen LogP contribution >= 0.6 is 0 Å². The van der Waals surface area contributed by atoms with Gasteiger partial charge in [-0.25, -0.2) is 0 Å². The number of carboxylic acids is 1. The van der Waals surface area contributed by atoms with Gasteiger partial charge >= 0.3 is 18.0 Å². The number of nitrogens with zero attached hydrogens (tertiary/aromatic N) is 3. The SMILES string of the molecule is O=C(O)[C@H]1CN(C(=O)c2ccc(-c3noc(C(F)(F)F)n3)cc2)C[C@@H]1C1CC1. The number of carbonyl (C=O) groups is 2. The molecule has 1 aliphatic carbocycles. The van der Waals surface area contributed by atoms with Crippen LogP contribution in [0.2, 0.25) is 0 Å². The molecule has 2 aliphatic rings. The summed E-state index contributed by atoms with van der Waals surface area (Å²) in [6.45, 7) is 0.568. The van der Waals surface area contributed by atoms with Crippen LogP contribution in [0.1, 0.15) is 29.1 Å². The highest BCUT2D eigenvalue weighted by Gasteiger charge is 2.47. The van der Waals surface area contributed by atoms with Crippen molar-refractivity contribution in [3.63, 3.8) is 0 Å². The lowest BCUT2D eigenvalue weighted by Crippen LogP contribution is -2.29. The monoisotopic (exact) mass is 395 g/mol. The molecular formula is C18H16F3N3O4. The van der Waals surface area contributed by atoms with Crippen LogP contribution in [-0.4, -0.2) is 45.1 Å². The normalized spacial score (nSPS) is 22.5. The fraction of sp³-hybridized carbons (Fsp3) is 0.444. The van der Waals surface area contributed by atoms with Crippen molar-refractivity contribution in [3.05, 3.63) is 35.7 Å². The van der Waals surface area contributed by atoms with Crippen LogP contribution in [0.4, 0.5) is 13.2 Å². The van der Waals surface area contributed by atoms with Gasteiger partial charge in [0.25, 0.3) is 5.91 Å². The Morgan fingerprint density at radius 2 is 1.82 bits per heavy atom. The maximum absolute atomic E-state index is 12.7. The summed E-state index contributed by atoms with van der Waals surface area (Å²) in [5.41, 5.74) is 0.598. The van der Waals surface area contributed by atoms with Gasteiger partial charge < -0.3 is 14.5 Å². The third-order valence-electron chi connectivity index (χ3n) is 5.26. The Hall–Kier alpha value is -2.91. The van der Waals surface area contributed by atoms with Crippen LogP contribution in [0.25, 0.3) is 11.4 Å². The molecule has 1 N–H and O–H groups in total. The lowest BCUT2D eigenvalue weighted by molar-refractivity contribution is -0.159. The average molecular weight is 395 g/mol. The third kappa shape index (κ3) is 3.46. The summed E-state index contributed by atoms with van der Waals surface area (Å²) in [5.74, 6) is -3.08. The van der Waals surface area contributed by atoms with Gasteiger partial charge in [0.1, 0.15) is 0 Å².